The van der Waals surface area contributed by atoms with E-state index in [2.05, 4.69) is 9.97 Å². The van der Waals surface area contributed by atoms with Crippen molar-refractivity contribution >= 4 is 33.2 Å². The van der Waals surface area contributed by atoms with Crippen LogP contribution < -0.4 is 4.90 Å². The number of alkyl halides is 3. The fourth-order valence-corrected chi connectivity index (χ4v) is 5.28. The first-order valence-corrected chi connectivity index (χ1v) is 11.1. The second kappa shape index (κ2) is 8.08. The summed E-state index contributed by atoms with van der Waals surface area (Å²) >= 11 is 0.778. The van der Waals surface area contributed by atoms with Crippen LogP contribution in [0.25, 0.3) is 0 Å². The summed E-state index contributed by atoms with van der Waals surface area (Å²) in [7, 11) is -3.22. The Morgan fingerprint density at radius 1 is 1.21 bits per heavy atom. The molecule has 1 aliphatic heterocycles. The van der Waals surface area contributed by atoms with E-state index in [-0.39, 0.29) is 22.4 Å². The Morgan fingerprint density at radius 3 is 2.54 bits per heavy atom. The van der Waals surface area contributed by atoms with Gasteiger partial charge in [0.25, 0.3) is 0 Å². The molecule has 28 heavy (non-hydrogen) atoms. The zero-order valence-corrected chi connectivity index (χ0v) is 16.1. The van der Waals surface area contributed by atoms with E-state index >= 15 is 0 Å². The largest absolute Gasteiger partial charge is 0.433 e. The van der Waals surface area contributed by atoms with Gasteiger partial charge in [-0.15, -0.1) is 0 Å². The molecular weight excluding hydrogens is 415 g/mol. The van der Waals surface area contributed by atoms with Crippen LogP contribution in [0.5, 0.6) is 0 Å². The molecule has 0 spiro atoms. The van der Waals surface area contributed by atoms with Crippen LogP contribution in [-0.4, -0.2) is 47.6 Å². The van der Waals surface area contributed by atoms with E-state index in [1.165, 1.54) is 4.90 Å². The molecule has 150 valence electrons. The molecule has 0 unspecified atom stereocenters. The SMILES string of the molecule is O=C(CSc1nccc(C(F)(F)F)n1)N(c1ccccc1)[C@H]1CCS(=O)(=O)C1. The van der Waals surface area contributed by atoms with Gasteiger partial charge in [-0.1, -0.05) is 30.0 Å². The van der Waals surface area contributed by atoms with Gasteiger partial charge in [-0.3, -0.25) is 4.79 Å². The summed E-state index contributed by atoms with van der Waals surface area (Å²) in [4.78, 5) is 21.4. The average molecular weight is 431 g/mol. The van der Waals surface area contributed by atoms with Crippen LogP contribution in [-0.2, 0) is 20.8 Å². The van der Waals surface area contributed by atoms with E-state index in [9.17, 15) is 26.4 Å². The third kappa shape index (κ3) is 5.02. The molecule has 11 heteroatoms. The highest BCUT2D eigenvalue weighted by molar-refractivity contribution is 7.99. The van der Waals surface area contributed by atoms with Crippen LogP contribution in [0.15, 0.2) is 47.8 Å². The van der Waals surface area contributed by atoms with Crippen LogP contribution in [0.4, 0.5) is 18.9 Å². The summed E-state index contributed by atoms with van der Waals surface area (Å²) < 4.78 is 62.0. The highest BCUT2D eigenvalue weighted by Gasteiger charge is 2.36. The first-order chi connectivity index (χ1) is 13.2. The molecule has 3 rings (SSSR count). The molecule has 0 N–H and O–H groups in total. The number of aromatic nitrogens is 2. The van der Waals surface area contributed by atoms with Gasteiger partial charge in [-0.25, -0.2) is 18.4 Å². The zero-order chi connectivity index (χ0) is 20.4. The van der Waals surface area contributed by atoms with Gasteiger partial charge in [0.05, 0.1) is 23.3 Å². The van der Waals surface area contributed by atoms with Crippen molar-refractivity contribution in [2.24, 2.45) is 0 Å². The highest BCUT2D eigenvalue weighted by Crippen LogP contribution is 2.29. The van der Waals surface area contributed by atoms with Crippen molar-refractivity contribution in [3.63, 3.8) is 0 Å². The number of para-hydroxylation sites is 1. The van der Waals surface area contributed by atoms with Gasteiger partial charge in [0.15, 0.2) is 15.0 Å². The van der Waals surface area contributed by atoms with Crippen molar-refractivity contribution in [3.05, 3.63) is 48.3 Å². The maximum atomic E-state index is 12.8. The van der Waals surface area contributed by atoms with Crippen LogP contribution in [0.2, 0.25) is 0 Å². The number of hydrogen-bond donors (Lipinski definition) is 0. The molecule has 1 aliphatic rings. The van der Waals surface area contributed by atoms with E-state index < -0.39 is 33.7 Å². The molecule has 1 amide bonds. The number of hydrogen-bond acceptors (Lipinski definition) is 6. The Hall–Kier alpha value is -2.14. The lowest BCUT2D eigenvalue weighted by Crippen LogP contribution is -2.42. The number of benzene rings is 1. The van der Waals surface area contributed by atoms with Crippen LogP contribution >= 0.6 is 11.8 Å². The normalized spacial score (nSPS) is 18.8. The smallest absolute Gasteiger partial charge is 0.308 e. The summed E-state index contributed by atoms with van der Waals surface area (Å²) in [5, 5.41) is -0.171. The van der Waals surface area contributed by atoms with Crippen molar-refractivity contribution in [1.82, 2.24) is 9.97 Å². The Morgan fingerprint density at radius 2 is 1.93 bits per heavy atom. The Labute approximate surface area is 164 Å². The van der Waals surface area contributed by atoms with E-state index in [4.69, 9.17) is 0 Å². The highest BCUT2D eigenvalue weighted by atomic mass is 32.2. The van der Waals surface area contributed by atoms with Gasteiger partial charge in [0.1, 0.15) is 5.69 Å². The monoisotopic (exact) mass is 431 g/mol. The molecule has 1 fully saturated rings. The molecule has 2 heterocycles. The lowest BCUT2D eigenvalue weighted by atomic mass is 10.2. The molecule has 0 radical (unpaired) electrons. The second-order valence-electron chi connectivity index (χ2n) is 6.17. The number of rotatable bonds is 5. The lowest BCUT2D eigenvalue weighted by molar-refractivity contribution is -0.141. The zero-order valence-electron chi connectivity index (χ0n) is 14.5. The van der Waals surface area contributed by atoms with Crippen molar-refractivity contribution in [3.8, 4) is 0 Å². The first kappa shape index (κ1) is 20.6. The molecule has 0 saturated carbocycles. The van der Waals surface area contributed by atoms with E-state index in [1.807, 2.05) is 0 Å². The Balaban J connectivity index is 1.77. The minimum Gasteiger partial charge on any atom is -0.308 e. The molecule has 1 saturated heterocycles. The topological polar surface area (TPSA) is 80.2 Å². The molecule has 1 aromatic carbocycles. The van der Waals surface area contributed by atoms with Crippen molar-refractivity contribution in [1.29, 1.82) is 0 Å². The fraction of sp³-hybridized carbons (Fsp3) is 0.353. The number of carbonyl (C=O) groups is 1. The molecule has 1 aromatic heterocycles. The fourth-order valence-electron chi connectivity index (χ4n) is 2.89. The Kier molecular flexibility index (Phi) is 5.94. The predicted molar refractivity (Wildman–Crippen MR) is 98.7 cm³/mol. The number of nitrogens with zero attached hydrogens (tertiary/aromatic N) is 3. The minimum absolute atomic E-state index is 0.00182. The number of sulfone groups is 1. The summed E-state index contributed by atoms with van der Waals surface area (Å²) in [5.41, 5.74) is -0.542. The van der Waals surface area contributed by atoms with Crippen molar-refractivity contribution < 1.29 is 26.4 Å². The average Bonchev–Trinajstić information content (AvgIpc) is 3.00. The lowest BCUT2D eigenvalue weighted by Gasteiger charge is -2.28. The number of anilines is 1. The molecule has 2 aromatic rings. The third-order valence-electron chi connectivity index (χ3n) is 4.13. The van der Waals surface area contributed by atoms with Crippen LogP contribution in [0.3, 0.4) is 0 Å². The predicted octanol–water partition coefficient (Wildman–Crippen LogP) is 2.81. The summed E-state index contributed by atoms with van der Waals surface area (Å²) in [6.45, 7) is 0. The second-order valence-corrected chi connectivity index (χ2v) is 9.34. The van der Waals surface area contributed by atoms with Gasteiger partial charge < -0.3 is 4.90 Å². The van der Waals surface area contributed by atoms with E-state index in [0.717, 1.165) is 24.0 Å². The quantitative estimate of drug-likeness (QED) is 0.535. The number of halogens is 3. The molecule has 0 bridgehead atoms. The van der Waals surface area contributed by atoms with Gasteiger partial charge in [-0.05, 0) is 24.6 Å². The van der Waals surface area contributed by atoms with Gasteiger partial charge >= 0.3 is 6.18 Å². The Bertz CT molecular complexity index is 953. The third-order valence-corrected chi connectivity index (χ3v) is 6.72. The summed E-state index contributed by atoms with van der Waals surface area (Å²) in [5.74, 6) is -0.775. The van der Waals surface area contributed by atoms with Crippen LogP contribution in [0.1, 0.15) is 12.1 Å². The maximum absolute atomic E-state index is 12.8. The molecule has 0 aliphatic carbocycles. The van der Waals surface area contributed by atoms with Gasteiger partial charge in [0, 0.05) is 11.9 Å². The van der Waals surface area contributed by atoms with Crippen molar-refractivity contribution in [2.45, 2.75) is 23.8 Å². The molecular formula is C17H16F3N3O3S2. The molecule has 1 atom stereocenters. The summed E-state index contributed by atoms with van der Waals surface area (Å²) in [6, 6.07) is 8.84. The summed E-state index contributed by atoms with van der Waals surface area (Å²) in [6.07, 6.45) is -3.30. The molecule has 6 nitrogen and oxygen atoms in total. The standard InChI is InChI=1S/C17H16F3N3O3S2/c18-17(19,20)14-6-8-21-16(22-14)27-10-15(24)23(12-4-2-1-3-5-12)13-7-9-28(25,26)11-13/h1-6,8,13H,7,9-11H2/t13-/m0/s1. The minimum atomic E-state index is -4.60. The van der Waals surface area contributed by atoms with Gasteiger partial charge in [-0.2, -0.15) is 13.2 Å². The number of amides is 1. The number of thioether (sulfide) groups is 1. The van der Waals surface area contributed by atoms with Crippen molar-refractivity contribution in [2.75, 3.05) is 22.2 Å². The van der Waals surface area contributed by atoms with E-state index in [0.29, 0.717) is 12.1 Å². The maximum Gasteiger partial charge on any atom is 0.433 e. The first-order valence-electron chi connectivity index (χ1n) is 8.26. The van der Waals surface area contributed by atoms with Crippen LogP contribution in [0, 0.1) is 0 Å². The number of carbonyl (C=O) groups excluding carboxylic acids is 1. The van der Waals surface area contributed by atoms with Gasteiger partial charge in [0.2, 0.25) is 5.91 Å². The van der Waals surface area contributed by atoms with E-state index in [1.54, 1.807) is 30.3 Å².